The molecule has 0 aliphatic carbocycles. The number of rotatable bonds is 4. The molecule has 0 saturated heterocycles. The van der Waals surface area contributed by atoms with Gasteiger partial charge in [0, 0.05) is 6.54 Å². The van der Waals surface area contributed by atoms with Gasteiger partial charge in [-0.15, -0.1) is 0 Å². The average molecular weight is 324 g/mol. The van der Waals surface area contributed by atoms with E-state index in [2.05, 4.69) is 10.6 Å². The van der Waals surface area contributed by atoms with Crippen molar-refractivity contribution in [1.82, 2.24) is 5.32 Å². The molecule has 3 rings (SSSR count). The lowest BCUT2D eigenvalue weighted by Gasteiger charge is -2.25. The van der Waals surface area contributed by atoms with E-state index in [1.54, 1.807) is 6.07 Å². The molecule has 0 saturated carbocycles. The first-order valence-corrected chi connectivity index (χ1v) is 7.92. The third-order valence-corrected chi connectivity index (χ3v) is 3.94. The summed E-state index contributed by atoms with van der Waals surface area (Å²) >= 11 is 0. The van der Waals surface area contributed by atoms with Crippen LogP contribution < -0.4 is 15.4 Å². The van der Waals surface area contributed by atoms with Crippen molar-refractivity contribution >= 4 is 17.5 Å². The van der Waals surface area contributed by atoms with E-state index in [0.717, 1.165) is 11.1 Å². The highest BCUT2D eigenvalue weighted by atomic mass is 16.5. The van der Waals surface area contributed by atoms with E-state index >= 15 is 0 Å². The maximum atomic E-state index is 12.1. The summed E-state index contributed by atoms with van der Waals surface area (Å²) < 4.78 is 5.66. The molecule has 1 heterocycles. The van der Waals surface area contributed by atoms with Gasteiger partial charge in [-0.05, 0) is 37.1 Å². The Labute approximate surface area is 141 Å². The average Bonchev–Trinajstić information content (AvgIpc) is 2.55. The molecule has 0 radical (unpaired) electrons. The minimum Gasteiger partial charge on any atom is -0.478 e. The van der Waals surface area contributed by atoms with Crippen LogP contribution in [0.3, 0.4) is 0 Å². The van der Waals surface area contributed by atoms with Crippen molar-refractivity contribution in [3.05, 3.63) is 59.2 Å². The molecule has 0 aromatic heterocycles. The van der Waals surface area contributed by atoms with Gasteiger partial charge in [0.1, 0.15) is 5.75 Å². The number of nitrogens with one attached hydrogen (secondary N) is 2. The van der Waals surface area contributed by atoms with Crippen LogP contribution in [0.15, 0.2) is 42.5 Å². The Morgan fingerprint density at radius 3 is 2.58 bits per heavy atom. The zero-order valence-electron chi connectivity index (χ0n) is 13.8. The van der Waals surface area contributed by atoms with Crippen molar-refractivity contribution in [2.45, 2.75) is 32.9 Å². The molecule has 0 spiro atoms. The highest BCUT2D eigenvalue weighted by Gasteiger charge is 2.29. The summed E-state index contributed by atoms with van der Waals surface area (Å²) in [5, 5.41) is 5.61. The summed E-state index contributed by atoms with van der Waals surface area (Å²) in [5.74, 6) is 0.0846. The predicted molar refractivity (Wildman–Crippen MR) is 91.9 cm³/mol. The predicted octanol–water partition coefficient (Wildman–Crippen LogP) is 2.71. The monoisotopic (exact) mass is 324 g/mol. The smallest absolute Gasteiger partial charge is 0.266 e. The lowest BCUT2D eigenvalue weighted by Crippen LogP contribution is -2.40. The minimum atomic E-state index is -0.807. The quantitative estimate of drug-likeness (QED) is 0.909. The molecule has 2 aromatic rings. The molecule has 1 unspecified atom stereocenters. The summed E-state index contributed by atoms with van der Waals surface area (Å²) in [6.45, 7) is 4.39. The molecular weight excluding hydrogens is 304 g/mol. The Bertz CT molecular complexity index is 769. The van der Waals surface area contributed by atoms with E-state index in [9.17, 15) is 9.59 Å². The standard InChI is InChI=1S/C19H20N2O3/c1-12-3-6-14(7-4-12)11-20-18(22)10-17-19(23)21-15-9-13(2)5-8-16(15)24-17/h3-9,17H,10-11H2,1-2H3,(H,20,22)(H,21,23). The van der Waals surface area contributed by atoms with Gasteiger partial charge in [0.15, 0.2) is 6.10 Å². The molecule has 0 bridgehead atoms. The lowest BCUT2D eigenvalue weighted by atomic mass is 10.1. The van der Waals surface area contributed by atoms with Crippen LogP contribution in [0.25, 0.3) is 0 Å². The molecule has 1 aliphatic heterocycles. The summed E-state index contributed by atoms with van der Waals surface area (Å²) in [6, 6.07) is 13.5. The summed E-state index contributed by atoms with van der Waals surface area (Å²) in [4.78, 5) is 24.2. The first-order chi connectivity index (χ1) is 11.5. The summed E-state index contributed by atoms with van der Waals surface area (Å²) in [6.07, 6.45) is -0.816. The highest BCUT2D eigenvalue weighted by Crippen LogP contribution is 2.30. The zero-order valence-corrected chi connectivity index (χ0v) is 13.8. The summed E-state index contributed by atoms with van der Waals surface area (Å²) in [7, 11) is 0. The molecule has 2 N–H and O–H groups in total. The number of aryl methyl sites for hydroxylation is 2. The number of hydrogen-bond donors (Lipinski definition) is 2. The number of benzene rings is 2. The van der Waals surface area contributed by atoms with Gasteiger partial charge in [-0.1, -0.05) is 35.9 Å². The molecule has 2 amide bonds. The number of carbonyl (C=O) groups is 2. The van der Waals surface area contributed by atoms with E-state index in [-0.39, 0.29) is 18.2 Å². The molecule has 5 nitrogen and oxygen atoms in total. The van der Waals surface area contributed by atoms with E-state index < -0.39 is 6.10 Å². The Hall–Kier alpha value is -2.82. The molecule has 2 aromatic carbocycles. The Morgan fingerprint density at radius 1 is 1.12 bits per heavy atom. The molecule has 5 heteroatoms. The van der Waals surface area contributed by atoms with Gasteiger partial charge in [0.25, 0.3) is 5.91 Å². The van der Waals surface area contributed by atoms with Crippen LogP contribution in [0.2, 0.25) is 0 Å². The topological polar surface area (TPSA) is 67.4 Å². The number of anilines is 1. The highest BCUT2D eigenvalue weighted by molar-refractivity contribution is 6.00. The van der Waals surface area contributed by atoms with Gasteiger partial charge < -0.3 is 15.4 Å². The second-order valence-corrected chi connectivity index (χ2v) is 6.06. The van der Waals surface area contributed by atoms with Crippen molar-refractivity contribution in [3.8, 4) is 5.75 Å². The van der Waals surface area contributed by atoms with Crippen molar-refractivity contribution in [3.63, 3.8) is 0 Å². The van der Waals surface area contributed by atoms with E-state index in [1.807, 2.05) is 50.2 Å². The fraction of sp³-hybridized carbons (Fsp3) is 0.263. The normalized spacial score (nSPS) is 15.9. The van der Waals surface area contributed by atoms with Crippen LogP contribution in [-0.4, -0.2) is 17.9 Å². The van der Waals surface area contributed by atoms with E-state index in [1.165, 1.54) is 5.56 Å². The number of ether oxygens (including phenoxy) is 1. The molecule has 124 valence electrons. The van der Waals surface area contributed by atoms with E-state index in [4.69, 9.17) is 4.74 Å². The minimum absolute atomic E-state index is 0.00892. The fourth-order valence-electron chi connectivity index (χ4n) is 2.55. The van der Waals surface area contributed by atoms with Crippen molar-refractivity contribution in [1.29, 1.82) is 0 Å². The van der Waals surface area contributed by atoms with Gasteiger partial charge >= 0.3 is 0 Å². The number of carbonyl (C=O) groups excluding carboxylic acids is 2. The van der Waals surface area contributed by atoms with Crippen molar-refractivity contribution < 1.29 is 14.3 Å². The van der Waals surface area contributed by atoms with Gasteiger partial charge in [0.05, 0.1) is 12.1 Å². The lowest BCUT2D eigenvalue weighted by molar-refractivity contribution is -0.130. The number of fused-ring (bicyclic) bond motifs is 1. The van der Waals surface area contributed by atoms with Crippen LogP contribution in [0.1, 0.15) is 23.1 Å². The fourth-order valence-corrected chi connectivity index (χ4v) is 2.55. The van der Waals surface area contributed by atoms with Gasteiger partial charge in [-0.2, -0.15) is 0 Å². The van der Waals surface area contributed by atoms with Crippen LogP contribution in [0.4, 0.5) is 5.69 Å². The summed E-state index contributed by atoms with van der Waals surface area (Å²) in [5.41, 5.74) is 3.87. The van der Waals surface area contributed by atoms with Crippen molar-refractivity contribution in [2.75, 3.05) is 5.32 Å². The van der Waals surface area contributed by atoms with Crippen LogP contribution in [-0.2, 0) is 16.1 Å². The Morgan fingerprint density at radius 2 is 1.83 bits per heavy atom. The maximum absolute atomic E-state index is 12.1. The molecule has 24 heavy (non-hydrogen) atoms. The Kier molecular flexibility index (Phi) is 4.51. The largest absolute Gasteiger partial charge is 0.478 e. The van der Waals surface area contributed by atoms with Gasteiger partial charge in [-0.3, -0.25) is 9.59 Å². The third-order valence-electron chi connectivity index (χ3n) is 3.94. The number of amides is 2. The Balaban J connectivity index is 1.57. The van der Waals surface area contributed by atoms with Gasteiger partial charge in [0.2, 0.25) is 5.91 Å². The second kappa shape index (κ2) is 6.74. The van der Waals surface area contributed by atoms with Crippen LogP contribution >= 0.6 is 0 Å². The second-order valence-electron chi connectivity index (χ2n) is 6.06. The van der Waals surface area contributed by atoms with Crippen LogP contribution in [0, 0.1) is 13.8 Å². The molecular formula is C19H20N2O3. The van der Waals surface area contributed by atoms with Crippen LogP contribution in [0.5, 0.6) is 5.75 Å². The van der Waals surface area contributed by atoms with Crippen molar-refractivity contribution in [2.24, 2.45) is 0 Å². The first-order valence-electron chi connectivity index (χ1n) is 7.92. The molecule has 1 atom stereocenters. The maximum Gasteiger partial charge on any atom is 0.266 e. The molecule has 1 aliphatic rings. The zero-order chi connectivity index (χ0) is 17.1. The van der Waals surface area contributed by atoms with E-state index in [0.29, 0.717) is 18.0 Å². The van der Waals surface area contributed by atoms with Gasteiger partial charge in [-0.25, -0.2) is 0 Å². The third kappa shape index (κ3) is 3.74. The molecule has 0 fully saturated rings. The first kappa shape index (κ1) is 16.1. The number of hydrogen-bond acceptors (Lipinski definition) is 3. The SMILES string of the molecule is Cc1ccc(CNC(=O)CC2Oc3ccc(C)cc3NC2=O)cc1.